The van der Waals surface area contributed by atoms with E-state index >= 15 is 0 Å². The Balaban J connectivity index is 1.47. The van der Waals surface area contributed by atoms with Gasteiger partial charge in [0, 0.05) is 11.8 Å². The smallest absolute Gasteiger partial charge is 0.122 e. The van der Waals surface area contributed by atoms with Gasteiger partial charge in [-0.25, -0.2) is 0 Å². The van der Waals surface area contributed by atoms with Crippen LogP contribution in [0.15, 0.2) is 48.5 Å². The highest BCUT2D eigenvalue weighted by Crippen LogP contribution is 2.31. The molecule has 2 saturated heterocycles. The van der Waals surface area contributed by atoms with E-state index in [0.717, 1.165) is 24.3 Å². The summed E-state index contributed by atoms with van der Waals surface area (Å²) in [6, 6.07) is 16.6. The van der Waals surface area contributed by atoms with Crippen molar-refractivity contribution in [2.45, 2.75) is 65.0 Å². The summed E-state index contributed by atoms with van der Waals surface area (Å²) in [6.45, 7) is 11.3. The van der Waals surface area contributed by atoms with Crippen molar-refractivity contribution >= 4 is 0 Å². The molecule has 4 rings (SSSR count). The first-order valence-corrected chi connectivity index (χ1v) is 12.4. The number of rotatable bonds is 12. The van der Waals surface area contributed by atoms with Gasteiger partial charge >= 0.3 is 0 Å². The third kappa shape index (κ3) is 6.08. The molecule has 180 valence electrons. The van der Waals surface area contributed by atoms with E-state index in [9.17, 15) is 0 Å². The predicted octanol–water partition coefficient (Wildman–Crippen LogP) is 5.09. The summed E-state index contributed by atoms with van der Waals surface area (Å²) >= 11 is 0. The van der Waals surface area contributed by atoms with Crippen molar-refractivity contribution in [1.29, 1.82) is 0 Å². The zero-order valence-corrected chi connectivity index (χ0v) is 20.4. The van der Waals surface area contributed by atoms with Crippen molar-refractivity contribution in [2.75, 3.05) is 26.4 Å². The largest absolute Gasteiger partial charge is 0.488 e. The van der Waals surface area contributed by atoms with Crippen molar-refractivity contribution in [3.8, 4) is 11.5 Å². The van der Waals surface area contributed by atoms with E-state index in [1.807, 2.05) is 12.1 Å². The lowest BCUT2D eigenvalue weighted by atomic mass is 9.92. The second kappa shape index (κ2) is 11.4. The molecule has 2 aromatic carbocycles. The fourth-order valence-electron chi connectivity index (χ4n) is 4.52. The molecule has 2 aliphatic rings. The minimum atomic E-state index is -0.106. The Morgan fingerprint density at radius 1 is 0.727 bits per heavy atom. The summed E-state index contributed by atoms with van der Waals surface area (Å²) in [6.07, 6.45) is 1.60. The maximum absolute atomic E-state index is 6.83. The Kier molecular flexibility index (Phi) is 8.29. The van der Waals surface area contributed by atoms with Crippen molar-refractivity contribution in [1.82, 2.24) is 0 Å². The van der Waals surface area contributed by atoms with Gasteiger partial charge in [-0.1, -0.05) is 38.1 Å². The molecule has 0 aromatic heterocycles. The first-order chi connectivity index (χ1) is 16.1. The molecule has 5 nitrogen and oxygen atoms in total. The molecule has 0 spiro atoms. The van der Waals surface area contributed by atoms with E-state index in [1.165, 1.54) is 11.1 Å². The summed E-state index contributed by atoms with van der Waals surface area (Å²) in [7, 11) is 0. The molecule has 0 N–H and O–H groups in total. The quantitative estimate of drug-likeness (QED) is 0.447. The van der Waals surface area contributed by atoms with Crippen LogP contribution in [0, 0.1) is 11.8 Å². The van der Waals surface area contributed by atoms with Crippen LogP contribution < -0.4 is 9.47 Å². The monoisotopic (exact) mass is 454 g/mol. The van der Waals surface area contributed by atoms with Crippen LogP contribution in [0.25, 0.3) is 0 Å². The van der Waals surface area contributed by atoms with Gasteiger partial charge in [-0.05, 0) is 62.1 Å². The maximum Gasteiger partial charge on any atom is 0.122 e. The van der Waals surface area contributed by atoms with Crippen LogP contribution >= 0.6 is 0 Å². The number of benzene rings is 2. The van der Waals surface area contributed by atoms with Crippen LogP contribution in [0.3, 0.4) is 0 Å². The van der Waals surface area contributed by atoms with Gasteiger partial charge in [0.15, 0.2) is 0 Å². The predicted molar refractivity (Wildman–Crippen MR) is 129 cm³/mol. The highest BCUT2D eigenvalue weighted by atomic mass is 16.6. The standard InChI is InChI=1S/C28H38O5/c1-5-21-9-7-11-25(13-21)31-19(3)27(23-15-29-16-23)33-28(24-17-30-18-24)20(4)32-26-12-8-10-22(6-2)14-26/h7-14,19-20,23-24,27-28H,5-6,15-18H2,1-4H3. The topological polar surface area (TPSA) is 46.2 Å². The van der Waals surface area contributed by atoms with Gasteiger partial charge in [0.25, 0.3) is 0 Å². The first kappa shape index (κ1) is 24.1. The second-order valence-electron chi connectivity index (χ2n) is 9.31. The van der Waals surface area contributed by atoms with E-state index in [-0.39, 0.29) is 24.4 Å². The van der Waals surface area contributed by atoms with E-state index in [1.54, 1.807) is 0 Å². The van der Waals surface area contributed by atoms with Gasteiger partial charge in [-0.15, -0.1) is 0 Å². The Morgan fingerprint density at radius 2 is 1.15 bits per heavy atom. The molecule has 2 fully saturated rings. The third-order valence-corrected chi connectivity index (χ3v) is 6.75. The minimum absolute atomic E-state index is 0.0809. The Bertz CT molecular complexity index is 805. The zero-order valence-electron chi connectivity index (χ0n) is 20.4. The van der Waals surface area contributed by atoms with Gasteiger partial charge in [0.1, 0.15) is 35.9 Å². The molecule has 0 saturated carbocycles. The molecule has 2 heterocycles. The van der Waals surface area contributed by atoms with Crippen molar-refractivity contribution < 1.29 is 23.7 Å². The summed E-state index contributed by atoms with van der Waals surface area (Å²) in [5, 5.41) is 0. The van der Waals surface area contributed by atoms with Crippen molar-refractivity contribution in [2.24, 2.45) is 11.8 Å². The average molecular weight is 455 g/mol. The van der Waals surface area contributed by atoms with Gasteiger partial charge in [-0.2, -0.15) is 0 Å². The number of hydrogen-bond acceptors (Lipinski definition) is 5. The zero-order chi connectivity index (χ0) is 23.2. The fourth-order valence-corrected chi connectivity index (χ4v) is 4.52. The van der Waals surface area contributed by atoms with Crippen molar-refractivity contribution in [3.63, 3.8) is 0 Å². The minimum Gasteiger partial charge on any atom is -0.488 e. The maximum atomic E-state index is 6.83. The molecule has 0 aliphatic carbocycles. The molecule has 5 heteroatoms. The molecular weight excluding hydrogens is 416 g/mol. The van der Waals surface area contributed by atoms with E-state index in [2.05, 4.69) is 64.1 Å². The molecule has 0 bridgehead atoms. The SMILES string of the molecule is CCc1cccc(OC(C)C(OC(C2COC2)C(C)Oc2cccc(CC)c2)C2COC2)c1. The molecule has 4 unspecified atom stereocenters. The highest BCUT2D eigenvalue weighted by Gasteiger charge is 2.42. The van der Waals surface area contributed by atoms with Crippen LogP contribution in [0.5, 0.6) is 11.5 Å². The van der Waals surface area contributed by atoms with Crippen LogP contribution in [0.4, 0.5) is 0 Å². The third-order valence-electron chi connectivity index (χ3n) is 6.75. The fraction of sp³-hybridized carbons (Fsp3) is 0.571. The highest BCUT2D eigenvalue weighted by molar-refractivity contribution is 5.29. The van der Waals surface area contributed by atoms with Crippen LogP contribution in [0.2, 0.25) is 0 Å². The molecule has 0 radical (unpaired) electrons. The van der Waals surface area contributed by atoms with Gasteiger partial charge < -0.3 is 23.7 Å². The van der Waals surface area contributed by atoms with Gasteiger partial charge in [-0.3, -0.25) is 0 Å². The van der Waals surface area contributed by atoms with Gasteiger partial charge in [0.05, 0.1) is 26.4 Å². The molecular formula is C28H38O5. The molecule has 2 aromatic rings. The van der Waals surface area contributed by atoms with Crippen LogP contribution in [0.1, 0.15) is 38.8 Å². The lowest BCUT2D eigenvalue weighted by molar-refractivity contribution is -0.211. The molecule has 33 heavy (non-hydrogen) atoms. The first-order valence-electron chi connectivity index (χ1n) is 12.4. The summed E-state index contributed by atoms with van der Waals surface area (Å²) < 4.78 is 30.6. The number of ether oxygens (including phenoxy) is 5. The lowest BCUT2D eigenvalue weighted by Crippen LogP contribution is -2.54. The van der Waals surface area contributed by atoms with E-state index in [0.29, 0.717) is 38.3 Å². The number of hydrogen-bond donors (Lipinski definition) is 0. The molecule has 0 amide bonds. The van der Waals surface area contributed by atoms with E-state index < -0.39 is 0 Å². The molecule has 4 atom stereocenters. The van der Waals surface area contributed by atoms with Crippen LogP contribution in [-0.4, -0.2) is 50.8 Å². The summed E-state index contributed by atoms with van der Waals surface area (Å²) in [5.74, 6) is 2.40. The van der Waals surface area contributed by atoms with Gasteiger partial charge in [0.2, 0.25) is 0 Å². The summed E-state index contributed by atoms with van der Waals surface area (Å²) in [5.41, 5.74) is 2.54. The lowest BCUT2D eigenvalue weighted by Gasteiger charge is -2.43. The Hall–Kier alpha value is -2.08. The molecule has 2 aliphatic heterocycles. The Labute approximate surface area is 198 Å². The second-order valence-corrected chi connectivity index (χ2v) is 9.31. The summed E-state index contributed by atoms with van der Waals surface area (Å²) in [4.78, 5) is 0. The number of aryl methyl sites for hydroxylation is 2. The normalized spacial score (nSPS) is 20.2. The Morgan fingerprint density at radius 3 is 1.48 bits per heavy atom. The van der Waals surface area contributed by atoms with Crippen LogP contribution in [-0.2, 0) is 27.1 Å². The van der Waals surface area contributed by atoms with Crippen molar-refractivity contribution in [3.05, 3.63) is 59.7 Å². The van der Waals surface area contributed by atoms with E-state index in [4.69, 9.17) is 23.7 Å². The average Bonchev–Trinajstić information content (AvgIpc) is 2.75.